The van der Waals surface area contributed by atoms with Crippen LogP contribution in [0.25, 0.3) is 10.9 Å². The average molecular weight is 541 g/mol. The number of pyridine rings is 1. The van der Waals surface area contributed by atoms with E-state index in [4.69, 9.17) is 9.16 Å². The lowest BCUT2D eigenvalue weighted by atomic mass is 10.0. The largest absolute Gasteiger partial charge is 0.462 e. The molecule has 0 amide bonds. The van der Waals surface area contributed by atoms with Crippen molar-refractivity contribution in [1.82, 2.24) is 4.57 Å². The first kappa shape index (κ1) is 29.6. The highest BCUT2D eigenvalue weighted by molar-refractivity contribution is 6.74. The van der Waals surface area contributed by atoms with Crippen molar-refractivity contribution in [2.45, 2.75) is 72.3 Å². The summed E-state index contributed by atoms with van der Waals surface area (Å²) >= 11 is 0. The van der Waals surface area contributed by atoms with E-state index in [2.05, 4.69) is 53.0 Å². The van der Waals surface area contributed by atoms with Gasteiger partial charge in [0.1, 0.15) is 11.4 Å². The van der Waals surface area contributed by atoms with E-state index in [1.807, 2.05) is 16.7 Å². The summed E-state index contributed by atoms with van der Waals surface area (Å²) in [7, 11) is -2.03. The van der Waals surface area contributed by atoms with Crippen LogP contribution in [0.4, 0.5) is 10.1 Å². The van der Waals surface area contributed by atoms with E-state index in [1.54, 1.807) is 31.3 Å². The molecule has 1 atom stereocenters. The first-order chi connectivity index (χ1) is 17.7. The van der Waals surface area contributed by atoms with Crippen LogP contribution in [0.15, 0.2) is 53.5 Å². The normalized spacial score (nSPS) is 13.1. The number of halogens is 1. The van der Waals surface area contributed by atoms with Gasteiger partial charge in [-0.1, -0.05) is 46.8 Å². The number of carbonyl (C=O) groups excluding carboxylic acids is 1. The Morgan fingerprint density at radius 3 is 2.34 bits per heavy atom. The standard InChI is InChI=1S/C30H41FN2O4Si/c1-9-36-29(35)25-18-33(27(20(2)3)19-37-38(7,8)30(4,5)6)26-15-14-23(16-24(26)28(25)34)32-17-21-10-12-22(31)13-11-21/h10-16,18,20,27,32H,9,17,19H2,1-8H3. The number of rotatable bonds is 10. The summed E-state index contributed by atoms with van der Waals surface area (Å²) in [5, 5.41) is 3.79. The van der Waals surface area contributed by atoms with Crippen LogP contribution in [0.1, 0.15) is 63.5 Å². The molecule has 0 aliphatic rings. The number of fused-ring (bicyclic) bond motifs is 1. The predicted octanol–water partition coefficient (Wildman–Crippen LogP) is 7.15. The van der Waals surface area contributed by atoms with Gasteiger partial charge >= 0.3 is 5.97 Å². The third-order valence-electron chi connectivity index (χ3n) is 7.49. The molecule has 0 radical (unpaired) electrons. The number of hydrogen-bond donors (Lipinski definition) is 1. The Morgan fingerprint density at radius 1 is 1.11 bits per heavy atom. The van der Waals surface area contributed by atoms with Crippen molar-refractivity contribution < 1.29 is 18.3 Å². The molecule has 1 N–H and O–H groups in total. The molecule has 0 fully saturated rings. The highest BCUT2D eigenvalue weighted by Gasteiger charge is 2.38. The Morgan fingerprint density at radius 2 is 1.76 bits per heavy atom. The van der Waals surface area contributed by atoms with Gasteiger partial charge in [-0.2, -0.15) is 0 Å². The maximum absolute atomic E-state index is 13.5. The van der Waals surface area contributed by atoms with Crippen LogP contribution < -0.4 is 10.7 Å². The van der Waals surface area contributed by atoms with Gasteiger partial charge in [-0.15, -0.1) is 0 Å². The molecule has 0 saturated heterocycles. The number of aromatic nitrogens is 1. The van der Waals surface area contributed by atoms with E-state index in [-0.39, 0.29) is 40.4 Å². The molecule has 8 heteroatoms. The van der Waals surface area contributed by atoms with Gasteiger partial charge in [0.2, 0.25) is 5.43 Å². The summed E-state index contributed by atoms with van der Waals surface area (Å²) in [6, 6.07) is 11.7. The maximum atomic E-state index is 13.5. The van der Waals surface area contributed by atoms with Gasteiger partial charge in [0, 0.05) is 23.8 Å². The van der Waals surface area contributed by atoms with Gasteiger partial charge < -0.3 is 19.0 Å². The fourth-order valence-electron chi connectivity index (χ4n) is 4.00. The number of anilines is 1. The number of nitrogens with zero attached hydrogens (tertiary/aromatic N) is 1. The van der Waals surface area contributed by atoms with Crippen LogP contribution in [-0.4, -0.2) is 32.1 Å². The Kier molecular flexibility index (Phi) is 9.20. The van der Waals surface area contributed by atoms with Gasteiger partial charge in [0.05, 0.1) is 24.8 Å². The van der Waals surface area contributed by atoms with Gasteiger partial charge in [0.25, 0.3) is 0 Å². The number of esters is 1. The van der Waals surface area contributed by atoms with Crippen molar-refractivity contribution >= 4 is 30.9 Å². The lowest BCUT2D eigenvalue weighted by Crippen LogP contribution is -2.42. The average Bonchev–Trinajstić information content (AvgIpc) is 2.84. The molecule has 0 bridgehead atoms. The zero-order valence-corrected chi connectivity index (χ0v) is 24.9. The second kappa shape index (κ2) is 11.8. The van der Waals surface area contributed by atoms with E-state index in [0.717, 1.165) is 16.8 Å². The van der Waals surface area contributed by atoms with Crippen molar-refractivity contribution in [2.24, 2.45) is 5.92 Å². The first-order valence-electron chi connectivity index (χ1n) is 13.2. The predicted molar refractivity (Wildman–Crippen MR) is 155 cm³/mol. The molecule has 3 rings (SSSR count). The minimum Gasteiger partial charge on any atom is -0.462 e. The lowest BCUT2D eigenvalue weighted by molar-refractivity contribution is 0.0523. The number of carbonyl (C=O) groups is 1. The van der Waals surface area contributed by atoms with Crippen molar-refractivity contribution in [3.63, 3.8) is 0 Å². The molecule has 1 heterocycles. The minimum absolute atomic E-state index is 0.00742. The molecule has 0 spiro atoms. The molecule has 6 nitrogen and oxygen atoms in total. The van der Waals surface area contributed by atoms with Crippen LogP contribution >= 0.6 is 0 Å². The smallest absolute Gasteiger partial charge is 0.343 e. The summed E-state index contributed by atoms with van der Waals surface area (Å²) in [5.74, 6) is -0.744. The summed E-state index contributed by atoms with van der Waals surface area (Å²) in [5.41, 5.74) is 2.01. The first-order valence-corrected chi connectivity index (χ1v) is 16.1. The summed E-state index contributed by atoms with van der Waals surface area (Å²) in [6.07, 6.45) is 1.63. The third kappa shape index (κ3) is 6.72. The molecule has 3 aromatic rings. The molecular formula is C30H41FN2O4Si. The van der Waals surface area contributed by atoms with E-state index < -0.39 is 14.3 Å². The summed E-state index contributed by atoms with van der Waals surface area (Å²) in [4.78, 5) is 26.3. The maximum Gasteiger partial charge on any atom is 0.343 e. The van der Waals surface area contributed by atoms with E-state index >= 15 is 0 Å². The van der Waals surface area contributed by atoms with Crippen molar-refractivity contribution in [1.29, 1.82) is 0 Å². The zero-order valence-electron chi connectivity index (χ0n) is 23.9. The van der Waals surface area contributed by atoms with Crippen molar-refractivity contribution in [2.75, 3.05) is 18.5 Å². The monoisotopic (exact) mass is 540 g/mol. The van der Waals surface area contributed by atoms with Crippen molar-refractivity contribution in [3.8, 4) is 0 Å². The Labute approximate surface area is 226 Å². The quantitative estimate of drug-likeness (QED) is 0.218. The lowest BCUT2D eigenvalue weighted by Gasteiger charge is -2.38. The van der Waals surface area contributed by atoms with Crippen LogP contribution in [0.2, 0.25) is 18.1 Å². The SMILES string of the molecule is CCOC(=O)c1cn(C(CO[Si](C)(C)C(C)(C)C)C(C)C)c2ccc(NCc3ccc(F)cc3)cc2c1=O. The molecule has 0 aliphatic heterocycles. The number of benzene rings is 2. The zero-order chi connectivity index (χ0) is 28.3. The Balaban J connectivity index is 2.07. The molecule has 1 unspecified atom stereocenters. The Hall–Kier alpha value is -2.97. The van der Waals surface area contributed by atoms with Gasteiger partial charge in [0.15, 0.2) is 8.32 Å². The molecule has 0 aliphatic carbocycles. The number of hydrogen-bond acceptors (Lipinski definition) is 5. The second-order valence-electron chi connectivity index (χ2n) is 11.6. The molecule has 206 valence electrons. The highest BCUT2D eigenvalue weighted by Crippen LogP contribution is 2.38. The van der Waals surface area contributed by atoms with Crippen LogP contribution in [0.3, 0.4) is 0 Å². The molecule has 1 aromatic heterocycles. The highest BCUT2D eigenvalue weighted by atomic mass is 28.4. The molecule has 38 heavy (non-hydrogen) atoms. The number of ether oxygens (including phenoxy) is 1. The molecule has 2 aromatic carbocycles. The molecule has 0 saturated carbocycles. The van der Waals surface area contributed by atoms with Crippen LogP contribution in [0.5, 0.6) is 0 Å². The summed E-state index contributed by atoms with van der Waals surface area (Å²) in [6.45, 7) is 18.1. The molecular weight excluding hydrogens is 499 g/mol. The second-order valence-corrected chi connectivity index (χ2v) is 16.4. The van der Waals surface area contributed by atoms with E-state index in [1.165, 1.54) is 12.1 Å². The minimum atomic E-state index is -2.03. The fourth-order valence-corrected chi connectivity index (χ4v) is 5.02. The fraction of sp³-hybridized carbons (Fsp3) is 0.467. The van der Waals surface area contributed by atoms with Crippen LogP contribution in [0, 0.1) is 11.7 Å². The third-order valence-corrected chi connectivity index (χ3v) is 12.0. The topological polar surface area (TPSA) is 69.6 Å². The van der Waals surface area contributed by atoms with Gasteiger partial charge in [-0.25, -0.2) is 9.18 Å². The van der Waals surface area contributed by atoms with Gasteiger partial charge in [-0.05, 0) is 66.9 Å². The summed E-state index contributed by atoms with van der Waals surface area (Å²) < 4.78 is 27.1. The van der Waals surface area contributed by atoms with E-state index in [9.17, 15) is 14.0 Å². The van der Waals surface area contributed by atoms with E-state index in [0.29, 0.717) is 18.5 Å². The van der Waals surface area contributed by atoms with Crippen LogP contribution in [-0.2, 0) is 15.7 Å². The Bertz CT molecular complexity index is 1330. The number of nitrogens with one attached hydrogen (secondary N) is 1. The van der Waals surface area contributed by atoms with Crippen molar-refractivity contribution in [3.05, 3.63) is 75.8 Å². The van der Waals surface area contributed by atoms with Gasteiger partial charge in [-0.3, -0.25) is 4.79 Å².